The van der Waals surface area contributed by atoms with Gasteiger partial charge in [0.25, 0.3) is 0 Å². The Bertz CT molecular complexity index is 748. The van der Waals surface area contributed by atoms with Gasteiger partial charge in [-0.25, -0.2) is 14.8 Å². The van der Waals surface area contributed by atoms with Gasteiger partial charge in [0.05, 0.1) is 11.6 Å². The predicted molar refractivity (Wildman–Crippen MR) is 96.9 cm³/mol. The molecule has 3 heterocycles. The molecule has 0 aliphatic carbocycles. The number of pyridine rings is 1. The Morgan fingerprint density at radius 2 is 2.08 bits per heavy atom. The SMILES string of the molecule is Cc1nccn1C1CCCN(c2cc(C(=O)OC(C)(C)C)ccn2)C1. The molecular formula is C19H26N4O2. The Kier molecular flexibility index (Phi) is 4.79. The third-order valence-corrected chi connectivity index (χ3v) is 4.36. The summed E-state index contributed by atoms with van der Waals surface area (Å²) in [6.07, 6.45) is 7.77. The van der Waals surface area contributed by atoms with E-state index in [0.29, 0.717) is 11.6 Å². The molecule has 25 heavy (non-hydrogen) atoms. The number of aryl methyl sites for hydroxylation is 1. The number of aromatic nitrogens is 3. The monoisotopic (exact) mass is 342 g/mol. The molecule has 1 unspecified atom stereocenters. The Labute approximate surface area is 148 Å². The van der Waals surface area contributed by atoms with E-state index in [1.165, 1.54) is 0 Å². The van der Waals surface area contributed by atoms with Crippen LogP contribution in [0.15, 0.2) is 30.7 Å². The average molecular weight is 342 g/mol. The zero-order chi connectivity index (χ0) is 18.0. The highest BCUT2D eigenvalue weighted by molar-refractivity contribution is 5.90. The van der Waals surface area contributed by atoms with Gasteiger partial charge in [-0.3, -0.25) is 0 Å². The Balaban J connectivity index is 1.76. The highest BCUT2D eigenvalue weighted by Gasteiger charge is 2.24. The molecule has 0 aromatic carbocycles. The van der Waals surface area contributed by atoms with Crippen molar-refractivity contribution in [3.8, 4) is 0 Å². The predicted octanol–water partition coefficient (Wildman–Crippen LogP) is 3.38. The first-order chi connectivity index (χ1) is 11.8. The van der Waals surface area contributed by atoms with Crippen LogP contribution in [0.3, 0.4) is 0 Å². The van der Waals surface area contributed by atoms with Crippen molar-refractivity contribution in [1.82, 2.24) is 14.5 Å². The van der Waals surface area contributed by atoms with Crippen molar-refractivity contribution in [3.05, 3.63) is 42.1 Å². The number of hydrogen-bond donors (Lipinski definition) is 0. The summed E-state index contributed by atoms with van der Waals surface area (Å²) in [5.74, 6) is 1.54. The summed E-state index contributed by atoms with van der Waals surface area (Å²) < 4.78 is 7.69. The van der Waals surface area contributed by atoms with Crippen LogP contribution in [0.1, 0.15) is 55.8 Å². The number of carbonyl (C=O) groups excluding carboxylic acids is 1. The van der Waals surface area contributed by atoms with Gasteiger partial charge in [-0.2, -0.15) is 0 Å². The van der Waals surface area contributed by atoms with E-state index in [2.05, 4.69) is 19.4 Å². The molecule has 6 heteroatoms. The molecule has 134 valence electrons. The molecule has 2 aromatic heterocycles. The highest BCUT2D eigenvalue weighted by atomic mass is 16.6. The zero-order valence-electron chi connectivity index (χ0n) is 15.4. The van der Waals surface area contributed by atoms with Crippen molar-refractivity contribution < 1.29 is 9.53 Å². The van der Waals surface area contributed by atoms with E-state index in [9.17, 15) is 4.79 Å². The number of rotatable bonds is 3. The van der Waals surface area contributed by atoms with Crippen molar-refractivity contribution in [1.29, 1.82) is 0 Å². The van der Waals surface area contributed by atoms with E-state index in [4.69, 9.17) is 4.74 Å². The molecule has 1 saturated heterocycles. The summed E-state index contributed by atoms with van der Waals surface area (Å²) in [4.78, 5) is 23.3. The smallest absolute Gasteiger partial charge is 0.338 e. The Hall–Kier alpha value is -2.37. The van der Waals surface area contributed by atoms with Crippen LogP contribution in [0.2, 0.25) is 0 Å². The van der Waals surface area contributed by atoms with E-state index in [1.54, 1.807) is 12.3 Å². The van der Waals surface area contributed by atoms with Crippen molar-refractivity contribution in [2.75, 3.05) is 18.0 Å². The number of hydrogen-bond acceptors (Lipinski definition) is 5. The first-order valence-corrected chi connectivity index (χ1v) is 8.77. The second-order valence-corrected chi connectivity index (χ2v) is 7.53. The molecule has 0 bridgehead atoms. The fourth-order valence-electron chi connectivity index (χ4n) is 3.22. The first-order valence-electron chi connectivity index (χ1n) is 8.77. The minimum atomic E-state index is -0.504. The molecular weight excluding hydrogens is 316 g/mol. The van der Waals surface area contributed by atoms with Gasteiger partial charge in [-0.1, -0.05) is 0 Å². The largest absolute Gasteiger partial charge is 0.456 e. The van der Waals surface area contributed by atoms with Gasteiger partial charge in [-0.15, -0.1) is 0 Å². The third-order valence-electron chi connectivity index (χ3n) is 4.36. The van der Waals surface area contributed by atoms with Crippen molar-refractivity contribution in [3.63, 3.8) is 0 Å². The van der Waals surface area contributed by atoms with Gasteiger partial charge in [0.15, 0.2) is 0 Å². The fraction of sp³-hybridized carbons (Fsp3) is 0.526. The van der Waals surface area contributed by atoms with Crippen LogP contribution in [-0.2, 0) is 4.74 Å². The minimum Gasteiger partial charge on any atom is -0.456 e. The van der Waals surface area contributed by atoms with Crippen LogP contribution in [0.5, 0.6) is 0 Å². The van der Waals surface area contributed by atoms with Crippen LogP contribution in [0.4, 0.5) is 5.82 Å². The lowest BCUT2D eigenvalue weighted by atomic mass is 10.1. The zero-order valence-corrected chi connectivity index (χ0v) is 15.4. The van der Waals surface area contributed by atoms with Crippen LogP contribution in [-0.4, -0.2) is 39.2 Å². The molecule has 3 rings (SSSR count). The van der Waals surface area contributed by atoms with Crippen molar-refractivity contribution in [2.45, 2.75) is 52.2 Å². The summed E-state index contributed by atoms with van der Waals surface area (Å²) in [5.41, 5.74) is 0.0382. The number of carbonyl (C=O) groups is 1. The normalized spacial score (nSPS) is 18.2. The summed E-state index contributed by atoms with van der Waals surface area (Å²) in [6, 6.07) is 3.92. The maximum Gasteiger partial charge on any atom is 0.338 e. The number of piperidine rings is 1. The number of ether oxygens (including phenoxy) is 1. The summed E-state index contributed by atoms with van der Waals surface area (Å²) >= 11 is 0. The molecule has 1 fully saturated rings. The molecule has 1 aliphatic heterocycles. The standard InChI is InChI=1S/C19H26N4O2/c1-14-20-9-11-23(14)16-6-5-10-22(13-16)17-12-15(7-8-21-17)18(24)25-19(2,3)4/h7-9,11-12,16H,5-6,10,13H2,1-4H3. The highest BCUT2D eigenvalue weighted by Crippen LogP contribution is 2.26. The maximum atomic E-state index is 12.3. The lowest BCUT2D eigenvalue weighted by molar-refractivity contribution is 0.00694. The van der Waals surface area contributed by atoms with E-state index in [1.807, 2.05) is 46.2 Å². The van der Waals surface area contributed by atoms with Gasteiger partial charge < -0.3 is 14.2 Å². The summed E-state index contributed by atoms with van der Waals surface area (Å²) in [5, 5.41) is 0. The quantitative estimate of drug-likeness (QED) is 0.800. The average Bonchev–Trinajstić information content (AvgIpc) is 3.00. The Morgan fingerprint density at radius 3 is 2.76 bits per heavy atom. The number of imidazole rings is 1. The van der Waals surface area contributed by atoms with Gasteiger partial charge >= 0.3 is 5.97 Å². The molecule has 6 nitrogen and oxygen atoms in total. The lowest BCUT2D eigenvalue weighted by Crippen LogP contribution is -2.37. The van der Waals surface area contributed by atoms with Gasteiger partial charge in [0, 0.05) is 31.7 Å². The van der Waals surface area contributed by atoms with Gasteiger partial charge in [-0.05, 0) is 52.7 Å². The molecule has 1 aliphatic rings. The Morgan fingerprint density at radius 1 is 1.28 bits per heavy atom. The molecule has 0 N–H and O–H groups in total. The molecule has 0 spiro atoms. The van der Waals surface area contributed by atoms with Crippen LogP contribution in [0, 0.1) is 6.92 Å². The van der Waals surface area contributed by atoms with Crippen LogP contribution < -0.4 is 4.90 Å². The van der Waals surface area contributed by atoms with E-state index >= 15 is 0 Å². The number of anilines is 1. The number of nitrogens with zero attached hydrogens (tertiary/aromatic N) is 4. The van der Waals surface area contributed by atoms with Gasteiger partial charge in [0.2, 0.25) is 0 Å². The van der Waals surface area contributed by atoms with Gasteiger partial charge in [0.1, 0.15) is 17.2 Å². The van der Waals surface area contributed by atoms with E-state index in [0.717, 1.165) is 37.6 Å². The lowest BCUT2D eigenvalue weighted by Gasteiger charge is -2.34. The molecule has 2 aromatic rings. The van der Waals surface area contributed by atoms with Crippen LogP contribution in [0.25, 0.3) is 0 Å². The second-order valence-electron chi connectivity index (χ2n) is 7.53. The second kappa shape index (κ2) is 6.86. The molecule has 0 amide bonds. The first kappa shape index (κ1) is 17.5. The number of esters is 1. The van der Waals surface area contributed by atoms with Crippen molar-refractivity contribution >= 4 is 11.8 Å². The topological polar surface area (TPSA) is 60.2 Å². The molecule has 0 saturated carbocycles. The van der Waals surface area contributed by atoms with E-state index < -0.39 is 5.60 Å². The summed E-state index contributed by atoms with van der Waals surface area (Å²) in [7, 11) is 0. The summed E-state index contributed by atoms with van der Waals surface area (Å²) in [6.45, 7) is 9.44. The third kappa shape index (κ3) is 4.18. The van der Waals surface area contributed by atoms with E-state index in [-0.39, 0.29) is 5.97 Å². The fourth-order valence-corrected chi connectivity index (χ4v) is 3.22. The van der Waals surface area contributed by atoms with Crippen LogP contribution >= 0.6 is 0 Å². The maximum absolute atomic E-state index is 12.3. The molecule has 1 atom stereocenters. The molecule has 0 radical (unpaired) electrons. The van der Waals surface area contributed by atoms with Crippen molar-refractivity contribution in [2.24, 2.45) is 0 Å². The minimum absolute atomic E-state index is 0.310.